The molecule has 1 unspecified atom stereocenters. The molecule has 4 rings (SSSR count). The Labute approximate surface area is 188 Å². The Kier molecular flexibility index (Phi) is 5.66. The zero-order chi connectivity index (χ0) is 23.5. The fourth-order valence-electron chi connectivity index (χ4n) is 3.61. The second-order valence-electron chi connectivity index (χ2n) is 7.06. The van der Waals surface area contributed by atoms with Gasteiger partial charge in [0.1, 0.15) is 34.5 Å². The van der Waals surface area contributed by atoms with Crippen LogP contribution in [0.2, 0.25) is 0 Å². The summed E-state index contributed by atoms with van der Waals surface area (Å²) in [4.78, 5) is 23.1. The van der Waals surface area contributed by atoms with Crippen LogP contribution in [0.15, 0.2) is 78.2 Å². The van der Waals surface area contributed by atoms with Crippen molar-refractivity contribution in [3.05, 3.63) is 105 Å². The fourth-order valence-corrected chi connectivity index (χ4v) is 3.61. The summed E-state index contributed by atoms with van der Waals surface area (Å²) in [6.45, 7) is 0. The summed E-state index contributed by atoms with van der Waals surface area (Å²) in [5.74, 6) is -0.419. The highest BCUT2D eigenvalue weighted by atomic mass is 16.6. The maximum absolute atomic E-state index is 12.6. The highest BCUT2D eigenvalue weighted by molar-refractivity contribution is 5.94. The van der Waals surface area contributed by atoms with Gasteiger partial charge in [-0.15, -0.1) is 0 Å². The molecule has 0 spiro atoms. The largest absolute Gasteiger partial charge is 0.496 e. The number of fused-ring (bicyclic) bond motifs is 1. The predicted octanol–water partition coefficient (Wildman–Crippen LogP) is 4.04. The Morgan fingerprint density at radius 2 is 1.88 bits per heavy atom. The van der Waals surface area contributed by atoms with Gasteiger partial charge in [-0.3, -0.25) is 10.1 Å². The number of carbonyl (C=O) groups excluding carboxylic acids is 1. The maximum atomic E-state index is 12.6. The molecule has 0 saturated heterocycles. The van der Waals surface area contributed by atoms with Crippen LogP contribution in [0.25, 0.3) is 0 Å². The van der Waals surface area contributed by atoms with Crippen LogP contribution in [-0.2, 0) is 0 Å². The van der Waals surface area contributed by atoms with Crippen LogP contribution in [0, 0.1) is 21.4 Å². The summed E-state index contributed by atoms with van der Waals surface area (Å²) in [5, 5.41) is 20.6. The van der Waals surface area contributed by atoms with E-state index in [2.05, 4.69) is 6.07 Å². The molecule has 0 radical (unpaired) electrons. The van der Waals surface area contributed by atoms with Crippen LogP contribution in [0.5, 0.6) is 17.2 Å². The number of carbonyl (C=O) groups is 1. The predicted molar refractivity (Wildman–Crippen MR) is 117 cm³/mol. The molecule has 2 N–H and O–H groups in total. The Hall–Kier alpha value is -4.84. The Morgan fingerprint density at radius 3 is 2.55 bits per heavy atom. The fraction of sp³-hybridized carbons (Fsp3) is 0.0833. The van der Waals surface area contributed by atoms with Gasteiger partial charge in [0.25, 0.3) is 5.69 Å². The average molecular weight is 443 g/mol. The number of non-ortho nitro benzene ring substituents is 1. The van der Waals surface area contributed by atoms with E-state index in [-0.39, 0.29) is 28.5 Å². The minimum absolute atomic E-state index is 0.0694. The number of nitrogens with zero attached hydrogens (tertiary/aromatic N) is 2. The lowest BCUT2D eigenvalue weighted by Gasteiger charge is -2.26. The molecule has 0 fully saturated rings. The third kappa shape index (κ3) is 4.05. The van der Waals surface area contributed by atoms with E-state index >= 15 is 0 Å². The lowest BCUT2D eigenvalue weighted by molar-refractivity contribution is -0.384. The molecule has 0 saturated carbocycles. The Balaban J connectivity index is 1.69. The number of nitriles is 1. The van der Waals surface area contributed by atoms with E-state index < -0.39 is 16.8 Å². The molecule has 9 heteroatoms. The first-order valence-electron chi connectivity index (χ1n) is 9.74. The standard InChI is InChI=1S/C24H17N3O6/c1-31-20-5-3-2-4-18(20)24(28)32-16-10-11-17-21(12-16)33-23(26)19(13-25)22(17)14-6-8-15(9-7-14)27(29)30/h2-12,22H,26H2,1H3. The van der Waals surface area contributed by atoms with Gasteiger partial charge in [0.2, 0.25) is 5.88 Å². The maximum Gasteiger partial charge on any atom is 0.347 e. The van der Waals surface area contributed by atoms with Gasteiger partial charge < -0.3 is 19.9 Å². The third-order valence-electron chi connectivity index (χ3n) is 5.17. The van der Waals surface area contributed by atoms with Crippen LogP contribution >= 0.6 is 0 Å². The molecule has 33 heavy (non-hydrogen) atoms. The van der Waals surface area contributed by atoms with Crippen molar-refractivity contribution in [2.45, 2.75) is 5.92 Å². The number of nitro groups is 1. The minimum Gasteiger partial charge on any atom is -0.496 e. The van der Waals surface area contributed by atoms with Gasteiger partial charge in [0, 0.05) is 23.8 Å². The molecule has 1 aliphatic rings. The van der Waals surface area contributed by atoms with Gasteiger partial charge in [0.05, 0.1) is 18.0 Å². The van der Waals surface area contributed by atoms with Crippen LogP contribution < -0.4 is 19.9 Å². The number of methoxy groups -OCH3 is 1. The number of esters is 1. The molecule has 0 bridgehead atoms. The number of rotatable bonds is 5. The first-order chi connectivity index (χ1) is 15.9. The van der Waals surface area contributed by atoms with Crippen molar-refractivity contribution in [2.75, 3.05) is 7.11 Å². The number of nitrogens with two attached hydrogens (primary N) is 1. The lowest BCUT2D eigenvalue weighted by Crippen LogP contribution is -2.21. The van der Waals surface area contributed by atoms with Crippen LogP contribution in [0.1, 0.15) is 27.4 Å². The molecule has 0 aliphatic carbocycles. The van der Waals surface area contributed by atoms with E-state index in [1.54, 1.807) is 48.5 Å². The van der Waals surface area contributed by atoms with Gasteiger partial charge in [-0.2, -0.15) is 5.26 Å². The highest BCUT2D eigenvalue weighted by Crippen LogP contribution is 2.43. The lowest BCUT2D eigenvalue weighted by atomic mass is 9.83. The van der Waals surface area contributed by atoms with E-state index in [1.165, 1.54) is 25.3 Å². The average Bonchev–Trinajstić information content (AvgIpc) is 2.83. The second kappa shape index (κ2) is 8.72. The number of allylic oxidation sites excluding steroid dienone is 1. The number of para-hydroxylation sites is 1. The van der Waals surface area contributed by atoms with Crippen molar-refractivity contribution in [3.63, 3.8) is 0 Å². The number of hydrogen-bond donors (Lipinski definition) is 1. The Bertz CT molecular complexity index is 1320. The molecular weight excluding hydrogens is 426 g/mol. The molecule has 0 aromatic heterocycles. The van der Waals surface area contributed by atoms with Gasteiger partial charge in [0.15, 0.2) is 0 Å². The number of hydrogen-bond acceptors (Lipinski definition) is 8. The molecule has 1 aliphatic heterocycles. The van der Waals surface area contributed by atoms with E-state index in [4.69, 9.17) is 19.9 Å². The van der Waals surface area contributed by atoms with Crippen molar-refractivity contribution in [3.8, 4) is 23.3 Å². The first-order valence-corrected chi connectivity index (χ1v) is 9.74. The molecule has 1 heterocycles. The Morgan fingerprint density at radius 1 is 1.15 bits per heavy atom. The summed E-state index contributed by atoms with van der Waals surface area (Å²) >= 11 is 0. The normalized spacial score (nSPS) is 14.5. The number of benzene rings is 3. The second-order valence-corrected chi connectivity index (χ2v) is 7.06. The van der Waals surface area contributed by atoms with E-state index in [1.807, 2.05) is 0 Å². The van der Waals surface area contributed by atoms with Gasteiger partial charge in [-0.1, -0.05) is 30.3 Å². The highest BCUT2D eigenvalue weighted by Gasteiger charge is 2.31. The summed E-state index contributed by atoms with van der Waals surface area (Å²) in [5.41, 5.74) is 7.59. The van der Waals surface area contributed by atoms with E-state index in [9.17, 15) is 20.2 Å². The molecule has 9 nitrogen and oxygen atoms in total. The minimum atomic E-state index is -0.614. The molecule has 0 amide bonds. The van der Waals surface area contributed by atoms with Gasteiger partial charge >= 0.3 is 5.97 Å². The van der Waals surface area contributed by atoms with Gasteiger partial charge in [-0.25, -0.2) is 4.79 Å². The molecule has 3 aromatic carbocycles. The summed E-state index contributed by atoms with van der Waals surface area (Å²) < 4.78 is 16.3. The van der Waals surface area contributed by atoms with E-state index in [0.29, 0.717) is 22.6 Å². The molecule has 164 valence electrons. The smallest absolute Gasteiger partial charge is 0.347 e. The van der Waals surface area contributed by atoms with Gasteiger partial charge in [-0.05, 0) is 23.8 Å². The van der Waals surface area contributed by atoms with Crippen molar-refractivity contribution >= 4 is 11.7 Å². The molecule has 3 aromatic rings. The monoisotopic (exact) mass is 443 g/mol. The third-order valence-corrected chi connectivity index (χ3v) is 5.17. The molecule has 1 atom stereocenters. The quantitative estimate of drug-likeness (QED) is 0.270. The SMILES string of the molecule is COc1ccccc1C(=O)Oc1ccc2c(c1)OC(N)=C(C#N)C2c1ccc([N+](=O)[O-])cc1. The summed E-state index contributed by atoms with van der Waals surface area (Å²) in [6, 6.07) is 19.3. The number of ether oxygens (including phenoxy) is 3. The topological polar surface area (TPSA) is 138 Å². The van der Waals surface area contributed by atoms with Crippen LogP contribution in [0.4, 0.5) is 5.69 Å². The van der Waals surface area contributed by atoms with Crippen molar-refractivity contribution < 1.29 is 23.9 Å². The van der Waals surface area contributed by atoms with Crippen molar-refractivity contribution in [2.24, 2.45) is 5.73 Å². The summed E-state index contributed by atoms with van der Waals surface area (Å²) in [6.07, 6.45) is 0. The zero-order valence-corrected chi connectivity index (χ0v) is 17.3. The van der Waals surface area contributed by atoms with Crippen LogP contribution in [0.3, 0.4) is 0 Å². The van der Waals surface area contributed by atoms with E-state index in [0.717, 1.165) is 0 Å². The van der Waals surface area contributed by atoms with Crippen LogP contribution in [-0.4, -0.2) is 18.0 Å². The van der Waals surface area contributed by atoms with Crippen molar-refractivity contribution in [1.29, 1.82) is 5.26 Å². The van der Waals surface area contributed by atoms with Crippen molar-refractivity contribution in [1.82, 2.24) is 0 Å². The number of nitro benzene ring substituents is 1. The molecular formula is C24H17N3O6. The zero-order valence-electron chi connectivity index (χ0n) is 17.3. The first kappa shape index (κ1) is 21.4. The summed E-state index contributed by atoms with van der Waals surface area (Å²) in [7, 11) is 1.46.